The van der Waals surface area contributed by atoms with Crippen LogP contribution in [0.3, 0.4) is 0 Å². The molecule has 0 radical (unpaired) electrons. The van der Waals surface area contributed by atoms with E-state index in [1.807, 2.05) is 116 Å². The molecule has 228 valence electrons. The highest BCUT2D eigenvalue weighted by Crippen LogP contribution is 2.29. The minimum absolute atomic E-state index is 0.0374. The fourth-order valence-corrected chi connectivity index (χ4v) is 5.81. The molecule has 0 saturated heterocycles. The van der Waals surface area contributed by atoms with Crippen molar-refractivity contribution in [2.75, 3.05) is 0 Å². The van der Waals surface area contributed by atoms with E-state index in [2.05, 4.69) is 5.16 Å². The Balaban J connectivity index is 1.14. The van der Waals surface area contributed by atoms with Gasteiger partial charge in [-0.2, -0.15) is 0 Å². The van der Waals surface area contributed by atoms with Gasteiger partial charge < -0.3 is 4.84 Å². The highest BCUT2D eigenvalue weighted by atomic mass is 32.2. The number of carbonyl (C=O) groups excluding carboxylic acids is 3. The number of nitrogens with zero attached hydrogens (tertiary/aromatic N) is 1. The van der Waals surface area contributed by atoms with Crippen molar-refractivity contribution in [3.05, 3.63) is 191 Å². The Morgan fingerprint density at radius 3 is 1.60 bits per heavy atom. The highest BCUT2D eigenvalue weighted by molar-refractivity contribution is 7.99. The van der Waals surface area contributed by atoms with Crippen molar-refractivity contribution in [1.29, 1.82) is 0 Å². The van der Waals surface area contributed by atoms with Crippen LogP contribution in [0.25, 0.3) is 11.1 Å². The molecule has 0 fully saturated rings. The number of oxime groups is 1. The Morgan fingerprint density at radius 2 is 1.00 bits per heavy atom. The Morgan fingerprint density at radius 1 is 0.511 bits per heavy atom. The lowest BCUT2D eigenvalue weighted by molar-refractivity contribution is 0.0516. The standard InChI is InChI=1S/C41H29NO4S/c1-28-10-8-9-15-37(28)38(42-46-41(45)34-13-6-3-7-14-34)40(44)33-22-26-36(27-23-33)47-35-24-20-32(21-25-35)39(43)31-18-16-30(17-19-31)29-11-4-2-5-12-29/h2-27H,1H3/b42-38-. The van der Waals surface area contributed by atoms with E-state index in [1.165, 1.54) is 11.8 Å². The van der Waals surface area contributed by atoms with Crippen LogP contribution < -0.4 is 0 Å². The molecule has 0 amide bonds. The molecule has 6 heteroatoms. The fraction of sp³-hybridized carbons (Fsp3) is 0.0244. The quantitative estimate of drug-likeness (QED) is 0.0652. The van der Waals surface area contributed by atoms with Crippen LogP contribution in [0.2, 0.25) is 0 Å². The monoisotopic (exact) mass is 631 g/mol. The smallest absolute Gasteiger partial charge is 0.312 e. The maximum Gasteiger partial charge on any atom is 0.365 e. The lowest BCUT2D eigenvalue weighted by Crippen LogP contribution is -2.18. The summed E-state index contributed by atoms with van der Waals surface area (Å²) in [6, 6.07) is 48.2. The van der Waals surface area contributed by atoms with Gasteiger partial charge in [-0.05, 0) is 84.3 Å². The minimum atomic E-state index is -0.648. The first-order chi connectivity index (χ1) is 23.0. The van der Waals surface area contributed by atoms with Gasteiger partial charge in [0.15, 0.2) is 11.5 Å². The van der Waals surface area contributed by atoms with Gasteiger partial charge in [-0.25, -0.2) is 4.79 Å². The zero-order valence-electron chi connectivity index (χ0n) is 25.5. The molecule has 0 saturated carbocycles. The molecule has 0 N–H and O–H groups in total. The molecule has 0 bridgehead atoms. The average Bonchev–Trinajstić information content (AvgIpc) is 3.13. The number of rotatable bonds is 10. The van der Waals surface area contributed by atoms with Gasteiger partial charge in [-0.1, -0.05) is 114 Å². The summed E-state index contributed by atoms with van der Waals surface area (Å²) in [5, 5.41) is 4.04. The topological polar surface area (TPSA) is 72.8 Å². The van der Waals surface area contributed by atoms with Crippen LogP contribution in [0.5, 0.6) is 0 Å². The second kappa shape index (κ2) is 14.5. The number of hydrogen-bond donors (Lipinski definition) is 0. The van der Waals surface area contributed by atoms with Crippen LogP contribution in [0.4, 0.5) is 0 Å². The largest absolute Gasteiger partial charge is 0.365 e. The summed E-state index contributed by atoms with van der Waals surface area (Å²) in [6.07, 6.45) is 0. The van der Waals surface area contributed by atoms with E-state index >= 15 is 0 Å². The summed E-state index contributed by atoms with van der Waals surface area (Å²) < 4.78 is 0. The summed E-state index contributed by atoms with van der Waals surface area (Å²) in [5.74, 6) is -1.05. The van der Waals surface area contributed by atoms with Crippen LogP contribution in [0, 0.1) is 6.92 Å². The summed E-state index contributed by atoms with van der Waals surface area (Å²) in [7, 11) is 0. The van der Waals surface area contributed by atoms with Crippen molar-refractivity contribution in [3.63, 3.8) is 0 Å². The number of aryl methyl sites for hydroxylation is 1. The van der Waals surface area contributed by atoms with Crippen LogP contribution in [0.1, 0.15) is 47.8 Å². The Labute approximate surface area is 277 Å². The van der Waals surface area contributed by atoms with E-state index in [-0.39, 0.29) is 17.3 Å². The SMILES string of the molecule is Cc1ccccc1/C(=N/OC(=O)c1ccccc1)C(=O)c1ccc(Sc2ccc(C(=O)c3ccc(-c4ccccc4)cc3)cc2)cc1. The fourth-order valence-electron chi connectivity index (χ4n) is 5.00. The predicted molar refractivity (Wildman–Crippen MR) is 186 cm³/mol. The molecular weight excluding hydrogens is 603 g/mol. The van der Waals surface area contributed by atoms with Crippen molar-refractivity contribution in [2.24, 2.45) is 5.16 Å². The van der Waals surface area contributed by atoms with E-state index in [4.69, 9.17) is 4.84 Å². The van der Waals surface area contributed by atoms with Crippen molar-refractivity contribution in [2.45, 2.75) is 16.7 Å². The third kappa shape index (κ3) is 7.52. The van der Waals surface area contributed by atoms with Crippen LogP contribution in [-0.2, 0) is 4.84 Å². The van der Waals surface area contributed by atoms with E-state index in [0.29, 0.717) is 27.8 Å². The Hall–Kier alpha value is -5.85. The molecule has 0 unspecified atom stereocenters. The number of Topliss-reactive ketones (excluding diaryl/α,β-unsaturated/α-hetero) is 1. The Kier molecular flexibility index (Phi) is 9.61. The van der Waals surface area contributed by atoms with E-state index in [1.54, 1.807) is 48.5 Å². The van der Waals surface area contributed by atoms with E-state index in [9.17, 15) is 14.4 Å². The van der Waals surface area contributed by atoms with Gasteiger partial charge in [0.1, 0.15) is 0 Å². The lowest BCUT2D eigenvalue weighted by atomic mass is 9.97. The van der Waals surface area contributed by atoms with Crippen molar-refractivity contribution >= 4 is 35.0 Å². The number of ketones is 2. The molecule has 47 heavy (non-hydrogen) atoms. The predicted octanol–water partition coefficient (Wildman–Crippen LogP) is 9.49. The molecule has 0 aromatic heterocycles. The summed E-state index contributed by atoms with van der Waals surface area (Å²) >= 11 is 1.52. The summed E-state index contributed by atoms with van der Waals surface area (Å²) in [5.41, 5.74) is 5.61. The number of hydrogen-bond acceptors (Lipinski definition) is 6. The first kappa shape index (κ1) is 31.1. The second-order valence-electron chi connectivity index (χ2n) is 10.8. The Bertz CT molecular complexity index is 2050. The van der Waals surface area contributed by atoms with Crippen LogP contribution >= 0.6 is 11.8 Å². The molecule has 5 nitrogen and oxygen atoms in total. The molecule has 6 aromatic rings. The minimum Gasteiger partial charge on any atom is -0.312 e. The van der Waals surface area contributed by atoms with Crippen molar-refractivity contribution in [1.82, 2.24) is 0 Å². The lowest BCUT2D eigenvalue weighted by Gasteiger charge is -2.10. The average molecular weight is 632 g/mol. The maximum atomic E-state index is 13.7. The van der Waals surface area contributed by atoms with E-state index < -0.39 is 5.97 Å². The molecule has 0 aliphatic carbocycles. The zero-order chi connectivity index (χ0) is 32.6. The molecule has 0 heterocycles. The molecule has 0 atom stereocenters. The first-order valence-electron chi connectivity index (χ1n) is 15.0. The van der Waals surface area contributed by atoms with Gasteiger partial charge in [-0.3, -0.25) is 9.59 Å². The van der Waals surface area contributed by atoms with Gasteiger partial charge in [-0.15, -0.1) is 0 Å². The summed E-state index contributed by atoms with van der Waals surface area (Å²) in [4.78, 5) is 46.5. The third-order valence-electron chi connectivity index (χ3n) is 7.57. The maximum absolute atomic E-state index is 13.7. The zero-order valence-corrected chi connectivity index (χ0v) is 26.3. The van der Waals surface area contributed by atoms with Gasteiger partial charge >= 0.3 is 5.97 Å². The number of benzene rings is 6. The first-order valence-corrected chi connectivity index (χ1v) is 15.8. The molecular formula is C41H29NO4S. The van der Waals surface area contributed by atoms with Crippen LogP contribution in [-0.4, -0.2) is 23.2 Å². The molecule has 6 aromatic carbocycles. The molecule has 6 rings (SSSR count). The molecule has 0 aliphatic heterocycles. The van der Waals surface area contributed by atoms with Crippen molar-refractivity contribution in [3.8, 4) is 11.1 Å². The normalized spacial score (nSPS) is 11.1. The van der Waals surface area contributed by atoms with Gasteiger partial charge in [0, 0.05) is 32.0 Å². The molecule has 0 aliphatic rings. The van der Waals surface area contributed by atoms with Gasteiger partial charge in [0.2, 0.25) is 5.78 Å². The second-order valence-corrected chi connectivity index (χ2v) is 11.9. The van der Waals surface area contributed by atoms with Crippen molar-refractivity contribution < 1.29 is 19.2 Å². The summed E-state index contributed by atoms with van der Waals surface area (Å²) in [6.45, 7) is 1.87. The number of carbonyl (C=O) groups is 3. The van der Waals surface area contributed by atoms with E-state index in [0.717, 1.165) is 26.5 Å². The third-order valence-corrected chi connectivity index (χ3v) is 8.58. The van der Waals surface area contributed by atoms with Gasteiger partial charge in [0.25, 0.3) is 0 Å². The molecule has 0 spiro atoms. The highest BCUT2D eigenvalue weighted by Gasteiger charge is 2.20. The van der Waals surface area contributed by atoms with Gasteiger partial charge in [0.05, 0.1) is 5.56 Å². The van der Waals surface area contributed by atoms with Crippen LogP contribution in [0.15, 0.2) is 173 Å².